The Morgan fingerprint density at radius 2 is 1.09 bits per heavy atom. The van der Waals surface area contributed by atoms with E-state index in [0.29, 0.717) is 5.57 Å². The van der Waals surface area contributed by atoms with Crippen LogP contribution in [0.4, 0.5) is 0 Å². The van der Waals surface area contributed by atoms with E-state index in [1.165, 1.54) is 83.5 Å². The lowest BCUT2D eigenvalue weighted by Gasteiger charge is -2.05. The highest BCUT2D eigenvalue weighted by atomic mass is 16.1. The van der Waals surface area contributed by atoms with Gasteiger partial charge in [-0.25, -0.2) is 0 Å². The number of carbonyl (C=O) groups is 1. The molecule has 0 aliphatic rings. The first-order valence-corrected chi connectivity index (χ1v) is 9.62. The molecule has 0 aromatic rings. The van der Waals surface area contributed by atoms with Gasteiger partial charge in [-0.3, -0.25) is 4.79 Å². The van der Waals surface area contributed by atoms with Crippen LogP contribution >= 0.6 is 0 Å². The van der Waals surface area contributed by atoms with Crippen LogP contribution in [0, 0.1) is 0 Å². The second kappa shape index (κ2) is 19.2. The third-order valence-corrected chi connectivity index (χ3v) is 4.20. The van der Waals surface area contributed by atoms with Crippen molar-refractivity contribution >= 4 is 5.91 Å². The lowest BCUT2D eigenvalue weighted by Crippen LogP contribution is -2.24. The van der Waals surface area contributed by atoms with Crippen molar-refractivity contribution in [1.82, 2.24) is 11.5 Å². The Morgan fingerprint density at radius 1 is 0.739 bits per heavy atom. The number of amides is 1. The maximum absolute atomic E-state index is 11.3. The highest BCUT2D eigenvalue weighted by Gasteiger charge is 1.99. The van der Waals surface area contributed by atoms with Crippen LogP contribution in [-0.4, -0.2) is 12.5 Å². The van der Waals surface area contributed by atoms with Crippen molar-refractivity contribution < 1.29 is 4.79 Å². The van der Waals surface area contributed by atoms with Crippen LogP contribution in [0.1, 0.15) is 104 Å². The van der Waals surface area contributed by atoms with Gasteiger partial charge in [0.2, 0.25) is 5.91 Å². The smallest absolute Gasteiger partial charge is 0.246 e. The van der Waals surface area contributed by atoms with Crippen molar-refractivity contribution in [3.8, 4) is 0 Å². The van der Waals surface area contributed by atoms with Crippen molar-refractivity contribution in [3.63, 3.8) is 0 Å². The number of rotatable bonds is 16. The van der Waals surface area contributed by atoms with Gasteiger partial charge in [0.1, 0.15) is 0 Å². The summed E-state index contributed by atoms with van der Waals surface area (Å²) in [5.74, 6) is -0.00491. The van der Waals surface area contributed by atoms with Gasteiger partial charge in [0.05, 0.1) is 0 Å². The maximum atomic E-state index is 11.3. The molecule has 0 bridgehead atoms. The summed E-state index contributed by atoms with van der Waals surface area (Å²) in [6.07, 6.45) is 19.1. The van der Waals surface area contributed by atoms with E-state index in [1.807, 2.05) is 0 Å². The normalized spacial score (nSPS) is 10.2. The van der Waals surface area contributed by atoms with E-state index in [4.69, 9.17) is 0 Å². The topological polar surface area (TPSA) is 64.1 Å². The van der Waals surface area contributed by atoms with E-state index >= 15 is 0 Å². The van der Waals surface area contributed by atoms with Gasteiger partial charge in [0, 0.05) is 12.1 Å². The summed E-state index contributed by atoms with van der Waals surface area (Å²) >= 11 is 0. The van der Waals surface area contributed by atoms with Gasteiger partial charge in [-0.15, -0.1) is 0 Å². The van der Waals surface area contributed by atoms with Crippen molar-refractivity contribution in [1.29, 1.82) is 0 Å². The minimum Gasteiger partial charge on any atom is -0.352 e. The number of hydrogen-bond acceptors (Lipinski definition) is 2. The molecule has 0 rings (SSSR count). The molecule has 0 aliphatic carbocycles. The molecule has 0 radical (unpaired) electrons. The molecular weight excluding hydrogens is 284 g/mol. The lowest BCUT2D eigenvalue weighted by atomic mass is 10.0. The first kappa shape index (κ1) is 24.4. The molecule has 0 fully saturated rings. The highest BCUT2D eigenvalue weighted by molar-refractivity contribution is 5.91. The Kier molecular flexibility index (Phi) is 20.4. The molecule has 1 amide bonds. The summed E-state index contributed by atoms with van der Waals surface area (Å²) in [7, 11) is 0. The number of unbranched alkanes of at least 4 members (excludes halogenated alkanes) is 13. The van der Waals surface area contributed by atoms with Gasteiger partial charge in [-0.1, -0.05) is 97.0 Å². The van der Waals surface area contributed by atoms with E-state index in [0.717, 1.165) is 13.0 Å². The van der Waals surface area contributed by atoms with E-state index in [2.05, 4.69) is 18.8 Å². The zero-order chi connectivity index (χ0) is 16.5. The fourth-order valence-corrected chi connectivity index (χ4v) is 2.67. The summed E-state index contributed by atoms with van der Waals surface area (Å²) in [6.45, 7) is 8.45. The van der Waals surface area contributed by atoms with Crippen LogP contribution in [0.3, 0.4) is 0 Å². The van der Waals surface area contributed by atoms with E-state index < -0.39 is 0 Å². The SMILES string of the molecule is C=C(C)C(=O)NCCCCCCCCCCCCCCCC.N. The maximum Gasteiger partial charge on any atom is 0.246 e. The summed E-state index contributed by atoms with van der Waals surface area (Å²) in [6, 6.07) is 0. The first-order chi connectivity index (χ1) is 10.7. The van der Waals surface area contributed by atoms with E-state index in [9.17, 15) is 4.79 Å². The van der Waals surface area contributed by atoms with Gasteiger partial charge in [-0.05, 0) is 13.3 Å². The molecule has 3 heteroatoms. The molecule has 138 valence electrons. The second-order valence-electron chi connectivity index (χ2n) is 6.63. The molecule has 0 spiro atoms. The molecule has 0 saturated carbocycles. The molecule has 0 unspecified atom stereocenters. The predicted octanol–water partition coefficient (Wildman–Crippen LogP) is 6.32. The molecule has 0 atom stereocenters. The molecule has 0 aromatic heterocycles. The Hall–Kier alpha value is -0.830. The van der Waals surface area contributed by atoms with Crippen LogP contribution in [0.15, 0.2) is 12.2 Å². The Balaban J connectivity index is 0. The van der Waals surface area contributed by atoms with Crippen molar-refractivity contribution in [2.75, 3.05) is 6.54 Å². The predicted molar refractivity (Wildman–Crippen MR) is 103 cm³/mol. The molecule has 0 aliphatic heterocycles. The van der Waals surface area contributed by atoms with Gasteiger partial charge < -0.3 is 11.5 Å². The van der Waals surface area contributed by atoms with Crippen LogP contribution in [-0.2, 0) is 4.79 Å². The molecule has 0 heterocycles. The quantitative estimate of drug-likeness (QED) is 0.257. The highest BCUT2D eigenvalue weighted by Crippen LogP contribution is 2.12. The van der Waals surface area contributed by atoms with Crippen molar-refractivity contribution in [3.05, 3.63) is 12.2 Å². The number of nitrogens with one attached hydrogen (secondary N) is 1. The van der Waals surface area contributed by atoms with Crippen LogP contribution < -0.4 is 11.5 Å². The van der Waals surface area contributed by atoms with Crippen LogP contribution in [0.5, 0.6) is 0 Å². The zero-order valence-electron chi connectivity index (χ0n) is 15.9. The van der Waals surface area contributed by atoms with Gasteiger partial charge >= 0.3 is 0 Å². The molecule has 4 N–H and O–H groups in total. The van der Waals surface area contributed by atoms with Gasteiger partial charge in [-0.2, -0.15) is 0 Å². The average Bonchev–Trinajstić information content (AvgIpc) is 2.50. The Labute approximate surface area is 145 Å². The average molecular weight is 327 g/mol. The van der Waals surface area contributed by atoms with Gasteiger partial charge in [0.15, 0.2) is 0 Å². The lowest BCUT2D eigenvalue weighted by molar-refractivity contribution is -0.117. The molecule has 3 nitrogen and oxygen atoms in total. The monoisotopic (exact) mass is 326 g/mol. The Morgan fingerprint density at radius 3 is 1.43 bits per heavy atom. The minimum absolute atomic E-state index is 0. The fourth-order valence-electron chi connectivity index (χ4n) is 2.67. The summed E-state index contributed by atoms with van der Waals surface area (Å²) in [5, 5.41) is 2.89. The first-order valence-electron chi connectivity index (χ1n) is 9.62. The number of carbonyl (C=O) groups excluding carboxylic acids is 1. The summed E-state index contributed by atoms with van der Waals surface area (Å²) in [5.41, 5.74) is 0.602. The molecule has 23 heavy (non-hydrogen) atoms. The second-order valence-corrected chi connectivity index (χ2v) is 6.63. The zero-order valence-corrected chi connectivity index (χ0v) is 15.9. The molecule has 0 aromatic carbocycles. The third kappa shape index (κ3) is 19.1. The van der Waals surface area contributed by atoms with Crippen molar-refractivity contribution in [2.45, 2.75) is 104 Å². The van der Waals surface area contributed by atoms with E-state index in [1.54, 1.807) is 6.92 Å². The number of hydrogen-bond donors (Lipinski definition) is 2. The minimum atomic E-state index is -0.00491. The largest absolute Gasteiger partial charge is 0.352 e. The Bertz CT molecular complexity index is 277. The van der Waals surface area contributed by atoms with Crippen LogP contribution in [0.2, 0.25) is 0 Å². The van der Waals surface area contributed by atoms with Crippen molar-refractivity contribution in [2.24, 2.45) is 0 Å². The molecular formula is C20H42N2O. The van der Waals surface area contributed by atoms with E-state index in [-0.39, 0.29) is 12.1 Å². The molecule has 0 saturated heterocycles. The van der Waals surface area contributed by atoms with Crippen LogP contribution in [0.25, 0.3) is 0 Å². The summed E-state index contributed by atoms with van der Waals surface area (Å²) < 4.78 is 0. The standard InChI is InChI=1S/C20H39NO.H3N/c1-4-5-6-7-8-9-10-11-12-13-14-15-16-17-18-21-20(22)19(2)3;/h2,4-18H2,1,3H3,(H,21,22);1H3. The van der Waals surface area contributed by atoms with Gasteiger partial charge in [0.25, 0.3) is 0 Å². The fraction of sp³-hybridized carbons (Fsp3) is 0.850. The summed E-state index contributed by atoms with van der Waals surface area (Å²) in [4.78, 5) is 11.3. The third-order valence-electron chi connectivity index (χ3n) is 4.20.